The first-order chi connectivity index (χ1) is 8.06. The van der Waals surface area contributed by atoms with Gasteiger partial charge in [-0.25, -0.2) is 0 Å². The average Bonchev–Trinajstić information content (AvgIpc) is 3.07. The summed E-state index contributed by atoms with van der Waals surface area (Å²) in [6.07, 6.45) is 1.90. The Labute approximate surface area is 99.4 Å². The Kier molecular flexibility index (Phi) is 2.99. The molecule has 1 aromatic rings. The number of nitrogens with two attached hydrogens (primary N) is 1. The van der Waals surface area contributed by atoms with Crippen molar-refractivity contribution in [3.63, 3.8) is 0 Å². The van der Waals surface area contributed by atoms with Crippen LogP contribution < -0.4 is 16.4 Å². The smallest absolute Gasteiger partial charge is 0.313 e. The van der Waals surface area contributed by atoms with E-state index in [1.54, 1.807) is 12.1 Å². The molecule has 5 nitrogen and oxygen atoms in total. The molecule has 17 heavy (non-hydrogen) atoms. The number of hydrogen-bond acceptors (Lipinski definition) is 3. The number of hydrogen-bond donors (Lipinski definition) is 3. The Bertz CT molecular complexity index is 467. The Morgan fingerprint density at radius 1 is 1.29 bits per heavy atom. The van der Waals surface area contributed by atoms with Crippen molar-refractivity contribution in [2.75, 3.05) is 11.1 Å². The molecule has 1 aliphatic rings. The molecule has 0 atom stereocenters. The van der Waals surface area contributed by atoms with Crippen molar-refractivity contribution in [1.29, 1.82) is 0 Å². The van der Waals surface area contributed by atoms with Gasteiger partial charge in [0.2, 0.25) is 0 Å². The van der Waals surface area contributed by atoms with E-state index in [0.29, 0.717) is 11.4 Å². The van der Waals surface area contributed by atoms with Gasteiger partial charge in [0, 0.05) is 6.04 Å². The van der Waals surface area contributed by atoms with Gasteiger partial charge in [0.15, 0.2) is 0 Å². The Morgan fingerprint density at radius 2 is 2.00 bits per heavy atom. The van der Waals surface area contributed by atoms with Crippen LogP contribution in [0.25, 0.3) is 0 Å². The lowest BCUT2D eigenvalue weighted by Gasteiger charge is -2.08. The lowest BCUT2D eigenvalue weighted by atomic mass is 10.2. The largest absolute Gasteiger partial charge is 0.397 e. The number of rotatable bonds is 2. The second-order valence-corrected chi connectivity index (χ2v) is 4.29. The first kappa shape index (κ1) is 11.4. The summed E-state index contributed by atoms with van der Waals surface area (Å²) in [5.41, 5.74) is 7.60. The summed E-state index contributed by atoms with van der Waals surface area (Å²) in [5.74, 6) is -1.28. The number of carbonyl (C=O) groups excluding carboxylic acids is 2. The maximum absolute atomic E-state index is 11.6. The van der Waals surface area contributed by atoms with E-state index in [4.69, 9.17) is 5.73 Å². The second kappa shape index (κ2) is 4.45. The SMILES string of the molecule is Cc1ccc(N)c(NC(=O)C(=O)NC2CC2)c1. The fraction of sp³-hybridized carbons (Fsp3) is 0.333. The summed E-state index contributed by atoms with van der Waals surface area (Å²) in [5, 5.41) is 5.12. The molecular weight excluding hydrogens is 218 g/mol. The predicted octanol–water partition coefficient (Wildman–Crippen LogP) is 0.794. The highest BCUT2D eigenvalue weighted by molar-refractivity contribution is 6.40. The third-order valence-corrected chi connectivity index (χ3v) is 2.58. The summed E-state index contributed by atoms with van der Waals surface area (Å²) >= 11 is 0. The van der Waals surface area contributed by atoms with Crippen molar-refractivity contribution in [3.05, 3.63) is 23.8 Å². The maximum atomic E-state index is 11.6. The minimum Gasteiger partial charge on any atom is -0.397 e. The van der Waals surface area contributed by atoms with E-state index in [2.05, 4.69) is 10.6 Å². The molecule has 0 saturated heterocycles. The number of nitrogen functional groups attached to an aromatic ring is 1. The van der Waals surface area contributed by atoms with Crippen LogP contribution in [0.15, 0.2) is 18.2 Å². The summed E-state index contributed by atoms with van der Waals surface area (Å²) in [6, 6.07) is 5.44. The van der Waals surface area contributed by atoms with Crippen LogP contribution in [-0.2, 0) is 9.59 Å². The van der Waals surface area contributed by atoms with Gasteiger partial charge in [-0.3, -0.25) is 9.59 Å². The minimum atomic E-state index is -0.672. The molecule has 2 amide bonds. The van der Waals surface area contributed by atoms with Crippen LogP contribution in [0.4, 0.5) is 11.4 Å². The van der Waals surface area contributed by atoms with Gasteiger partial charge < -0.3 is 16.4 Å². The van der Waals surface area contributed by atoms with Gasteiger partial charge in [0.1, 0.15) is 0 Å². The Hall–Kier alpha value is -2.04. The molecule has 4 N–H and O–H groups in total. The fourth-order valence-electron chi connectivity index (χ4n) is 1.44. The summed E-state index contributed by atoms with van der Waals surface area (Å²) in [6.45, 7) is 1.89. The number of anilines is 2. The van der Waals surface area contributed by atoms with Crippen molar-refractivity contribution < 1.29 is 9.59 Å². The zero-order valence-corrected chi connectivity index (χ0v) is 9.62. The van der Waals surface area contributed by atoms with Crippen LogP contribution in [0.3, 0.4) is 0 Å². The van der Waals surface area contributed by atoms with Crippen LogP contribution in [0.5, 0.6) is 0 Å². The van der Waals surface area contributed by atoms with Crippen molar-refractivity contribution in [3.8, 4) is 0 Å². The van der Waals surface area contributed by atoms with Crippen molar-refractivity contribution in [2.45, 2.75) is 25.8 Å². The van der Waals surface area contributed by atoms with Gasteiger partial charge in [-0.15, -0.1) is 0 Å². The second-order valence-electron chi connectivity index (χ2n) is 4.29. The van der Waals surface area contributed by atoms with Crippen molar-refractivity contribution >= 4 is 23.2 Å². The topological polar surface area (TPSA) is 84.2 Å². The average molecular weight is 233 g/mol. The van der Waals surface area contributed by atoms with Crippen LogP contribution in [0.1, 0.15) is 18.4 Å². The lowest BCUT2D eigenvalue weighted by Crippen LogP contribution is -2.36. The van der Waals surface area contributed by atoms with E-state index < -0.39 is 11.8 Å². The molecule has 0 aromatic heterocycles. The third-order valence-electron chi connectivity index (χ3n) is 2.58. The van der Waals surface area contributed by atoms with E-state index >= 15 is 0 Å². The molecular formula is C12H15N3O2. The Morgan fingerprint density at radius 3 is 2.65 bits per heavy atom. The van der Waals surface area contributed by atoms with Gasteiger partial charge in [0.05, 0.1) is 11.4 Å². The number of benzene rings is 1. The first-order valence-corrected chi connectivity index (χ1v) is 5.54. The first-order valence-electron chi connectivity index (χ1n) is 5.54. The van der Waals surface area contributed by atoms with Gasteiger partial charge in [0.25, 0.3) is 0 Å². The van der Waals surface area contributed by atoms with E-state index in [1.165, 1.54) is 0 Å². The predicted molar refractivity (Wildman–Crippen MR) is 65.4 cm³/mol. The third kappa shape index (κ3) is 2.96. The molecule has 0 bridgehead atoms. The zero-order valence-electron chi connectivity index (χ0n) is 9.62. The maximum Gasteiger partial charge on any atom is 0.313 e. The molecule has 0 unspecified atom stereocenters. The standard InChI is InChI=1S/C12H15N3O2/c1-7-2-5-9(13)10(6-7)15-12(17)11(16)14-8-3-4-8/h2,5-6,8H,3-4,13H2,1H3,(H,14,16)(H,15,17). The molecule has 0 spiro atoms. The molecule has 1 fully saturated rings. The highest BCUT2D eigenvalue weighted by Gasteiger charge is 2.26. The number of carbonyl (C=O) groups is 2. The normalized spacial score (nSPS) is 14.2. The molecule has 5 heteroatoms. The molecule has 0 aliphatic heterocycles. The van der Waals surface area contributed by atoms with Gasteiger partial charge in [-0.05, 0) is 37.5 Å². The number of nitrogens with one attached hydrogen (secondary N) is 2. The van der Waals surface area contributed by atoms with Crippen molar-refractivity contribution in [1.82, 2.24) is 5.32 Å². The summed E-state index contributed by atoms with van der Waals surface area (Å²) in [4.78, 5) is 23.0. The van der Waals surface area contributed by atoms with Crippen LogP contribution in [0.2, 0.25) is 0 Å². The van der Waals surface area contributed by atoms with Crippen LogP contribution in [-0.4, -0.2) is 17.9 Å². The van der Waals surface area contributed by atoms with E-state index in [-0.39, 0.29) is 6.04 Å². The van der Waals surface area contributed by atoms with Crippen molar-refractivity contribution in [2.24, 2.45) is 0 Å². The molecule has 0 heterocycles. The molecule has 0 radical (unpaired) electrons. The van der Waals surface area contributed by atoms with Gasteiger partial charge >= 0.3 is 11.8 Å². The fourth-order valence-corrected chi connectivity index (χ4v) is 1.44. The quantitative estimate of drug-likeness (QED) is 0.521. The molecule has 2 rings (SSSR count). The molecule has 1 aromatic carbocycles. The summed E-state index contributed by atoms with van der Waals surface area (Å²) in [7, 11) is 0. The number of aryl methyl sites for hydroxylation is 1. The summed E-state index contributed by atoms with van der Waals surface area (Å²) < 4.78 is 0. The lowest BCUT2D eigenvalue weighted by molar-refractivity contribution is -0.136. The number of amides is 2. The van der Waals surface area contributed by atoms with E-state index in [0.717, 1.165) is 18.4 Å². The Balaban J connectivity index is 2.01. The van der Waals surface area contributed by atoms with Crippen LogP contribution in [0, 0.1) is 6.92 Å². The van der Waals surface area contributed by atoms with Crippen LogP contribution >= 0.6 is 0 Å². The molecule has 1 aliphatic carbocycles. The zero-order chi connectivity index (χ0) is 12.4. The monoisotopic (exact) mass is 233 g/mol. The highest BCUT2D eigenvalue weighted by atomic mass is 16.2. The van der Waals surface area contributed by atoms with E-state index in [9.17, 15) is 9.59 Å². The minimum absolute atomic E-state index is 0.170. The highest BCUT2D eigenvalue weighted by Crippen LogP contribution is 2.20. The molecule has 90 valence electrons. The van der Waals surface area contributed by atoms with Gasteiger partial charge in [-0.1, -0.05) is 6.07 Å². The van der Waals surface area contributed by atoms with E-state index in [1.807, 2.05) is 13.0 Å². The molecule has 1 saturated carbocycles. The van der Waals surface area contributed by atoms with Gasteiger partial charge in [-0.2, -0.15) is 0 Å².